The first kappa shape index (κ1) is 19.0. The Bertz CT molecular complexity index is 991. The molecule has 1 amide bonds. The Hall–Kier alpha value is -2.73. The summed E-state index contributed by atoms with van der Waals surface area (Å²) in [6.07, 6.45) is 2.82. The fourth-order valence-electron chi connectivity index (χ4n) is 2.93. The summed E-state index contributed by atoms with van der Waals surface area (Å²) < 4.78 is 0. The zero-order valence-electron chi connectivity index (χ0n) is 15.7. The smallest absolute Gasteiger partial charge is 0.266 e. The summed E-state index contributed by atoms with van der Waals surface area (Å²) >= 11 is 1.68. The third-order valence-corrected chi connectivity index (χ3v) is 5.26. The highest BCUT2D eigenvalue weighted by Gasteiger charge is 2.19. The number of thiophene rings is 1. The van der Waals surface area contributed by atoms with Crippen LogP contribution in [0.5, 0.6) is 0 Å². The van der Waals surface area contributed by atoms with E-state index in [0.717, 1.165) is 5.56 Å². The van der Waals surface area contributed by atoms with Crippen LogP contribution in [-0.4, -0.2) is 27.3 Å². The van der Waals surface area contributed by atoms with E-state index in [0.29, 0.717) is 30.3 Å². The van der Waals surface area contributed by atoms with Crippen LogP contribution in [0.25, 0.3) is 11.3 Å². The summed E-state index contributed by atoms with van der Waals surface area (Å²) in [6.45, 7) is 7.58. The number of carbonyl (C=O) groups excluding carboxylic acids is 1. The molecule has 3 aromatic rings. The van der Waals surface area contributed by atoms with Crippen LogP contribution in [0.3, 0.4) is 0 Å². The Balaban J connectivity index is 1.90. The quantitative estimate of drug-likeness (QED) is 0.699. The molecule has 140 valence electrons. The van der Waals surface area contributed by atoms with E-state index in [9.17, 15) is 9.59 Å². The molecule has 2 heterocycles. The first-order chi connectivity index (χ1) is 12.9. The molecule has 0 radical (unpaired) electrons. The van der Waals surface area contributed by atoms with E-state index in [1.807, 2.05) is 29.2 Å². The lowest BCUT2D eigenvalue weighted by molar-refractivity contribution is 0.0724. The van der Waals surface area contributed by atoms with Gasteiger partial charge in [0.1, 0.15) is 0 Å². The second kappa shape index (κ2) is 8.31. The van der Waals surface area contributed by atoms with Crippen molar-refractivity contribution in [2.75, 3.05) is 6.54 Å². The highest BCUT2D eigenvalue weighted by Crippen LogP contribution is 2.22. The monoisotopic (exact) mass is 381 g/mol. The Kier molecular flexibility index (Phi) is 5.86. The van der Waals surface area contributed by atoms with Crippen LogP contribution in [-0.2, 0) is 6.54 Å². The van der Waals surface area contributed by atoms with Crippen molar-refractivity contribution >= 4 is 17.2 Å². The molecular weight excluding hydrogens is 358 g/mol. The molecule has 0 unspecified atom stereocenters. The largest absolute Gasteiger partial charge is 0.333 e. The van der Waals surface area contributed by atoms with Gasteiger partial charge in [-0.1, -0.05) is 26.0 Å². The van der Waals surface area contributed by atoms with E-state index in [-0.39, 0.29) is 11.5 Å². The summed E-state index contributed by atoms with van der Waals surface area (Å²) in [6, 6.07) is 9.40. The molecule has 0 atom stereocenters. The van der Waals surface area contributed by atoms with Crippen molar-refractivity contribution in [3.63, 3.8) is 0 Å². The number of benzene rings is 1. The Morgan fingerprint density at radius 1 is 1.26 bits per heavy atom. The fraction of sp³-hybridized carbons (Fsp3) is 0.286. The van der Waals surface area contributed by atoms with Crippen LogP contribution < -0.4 is 5.56 Å². The first-order valence-corrected chi connectivity index (χ1v) is 9.79. The van der Waals surface area contributed by atoms with Gasteiger partial charge in [0.05, 0.1) is 24.6 Å². The van der Waals surface area contributed by atoms with Gasteiger partial charge in [-0.15, -0.1) is 11.3 Å². The molecule has 0 bridgehead atoms. The second-order valence-electron chi connectivity index (χ2n) is 7.00. The summed E-state index contributed by atoms with van der Waals surface area (Å²) in [5.74, 6) is 0.358. The van der Waals surface area contributed by atoms with Crippen molar-refractivity contribution in [3.8, 4) is 11.3 Å². The van der Waals surface area contributed by atoms with Gasteiger partial charge in [0.2, 0.25) is 0 Å². The minimum absolute atomic E-state index is 0.00964. The molecule has 0 aliphatic heterocycles. The van der Waals surface area contributed by atoms with Gasteiger partial charge in [-0.3, -0.25) is 14.6 Å². The number of rotatable bonds is 6. The second-order valence-corrected chi connectivity index (χ2v) is 8.00. The van der Waals surface area contributed by atoms with Gasteiger partial charge in [-0.2, -0.15) is 0 Å². The van der Waals surface area contributed by atoms with Crippen LogP contribution >= 0.6 is 11.3 Å². The molecule has 6 heteroatoms. The van der Waals surface area contributed by atoms with Gasteiger partial charge in [-0.25, -0.2) is 0 Å². The maximum Gasteiger partial charge on any atom is 0.266 e. The van der Waals surface area contributed by atoms with Crippen molar-refractivity contribution in [1.29, 1.82) is 0 Å². The molecule has 0 aliphatic rings. The Morgan fingerprint density at radius 2 is 2.07 bits per heavy atom. The average Bonchev–Trinajstić information content (AvgIpc) is 3.05. The van der Waals surface area contributed by atoms with E-state index in [2.05, 4.69) is 42.2 Å². The molecule has 1 N–H and O–H groups in total. The summed E-state index contributed by atoms with van der Waals surface area (Å²) in [5.41, 5.74) is 2.92. The lowest BCUT2D eigenvalue weighted by Crippen LogP contribution is -2.33. The summed E-state index contributed by atoms with van der Waals surface area (Å²) in [7, 11) is 0. The normalized spacial score (nSPS) is 11.0. The van der Waals surface area contributed by atoms with Gasteiger partial charge in [0, 0.05) is 22.5 Å². The zero-order chi connectivity index (χ0) is 19.4. The SMILES string of the molecule is Cc1ccsc1CN(CC(C)C)C(=O)c1cccc(-c2cncc(=O)[nH]2)c1. The van der Waals surface area contributed by atoms with Gasteiger partial charge < -0.3 is 9.88 Å². The Labute approximate surface area is 162 Å². The van der Waals surface area contributed by atoms with Gasteiger partial charge in [-0.05, 0) is 42.0 Å². The van der Waals surface area contributed by atoms with Crippen LogP contribution in [0.1, 0.15) is 34.6 Å². The number of aromatic nitrogens is 2. The maximum absolute atomic E-state index is 13.2. The predicted molar refractivity (Wildman–Crippen MR) is 109 cm³/mol. The molecule has 1 aromatic carbocycles. The van der Waals surface area contributed by atoms with Crippen LogP contribution in [0.4, 0.5) is 0 Å². The summed E-state index contributed by atoms with van der Waals surface area (Å²) in [5, 5.41) is 2.06. The molecule has 0 aliphatic carbocycles. The molecule has 0 saturated heterocycles. The number of aryl methyl sites for hydroxylation is 1. The molecule has 2 aromatic heterocycles. The molecule has 5 nitrogen and oxygen atoms in total. The van der Waals surface area contributed by atoms with Gasteiger partial charge in [0.25, 0.3) is 11.5 Å². The minimum Gasteiger partial charge on any atom is -0.333 e. The Morgan fingerprint density at radius 3 is 2.74 bits per heavy atom. The van der Waals surface area contributed by atoms with Gasteiger partial charge >= 0.3 is 0 Å². The van der Waals surface area contributed by atoms with Crippen molar-refractivity contribution < 1.29 is 4.79 Å². The van der Waals surface area contributed by atoms with E-state index in [4.69, 9.17) is 0 Å². The number of aromatic amines is 1. The lowest BCUT2D eigenvalue weighted by Gasteiger charge is -2.25. The average molecular weight is 382 g/mol. The number of amides is 1. The number of nitrogens with zero attached hydrogens (tertiary/aromatic N) is 2. The van der Waals surface area contributed by atoms with Gasteiger partial charge in [0.15, 0.2) is 0 Å². The van der Waals surface area contributed by atoms with Crippen molar-refractivity contribution in [3.05, 3.63) is 74.5 Å². The van der Waals surface area contributed by atoms with Crippen LogP contribution in [0.15, 0.2) is 52.9 Å². The highest BCUT2D eigenvalue weighted by atomic mass is 32.1. The predicted octanol–water partition coefficient (Wildman–Crippen LogP) is 4.11. The third kappa shape index (κ3) is 4.71. The zero-order valence-corrected chi connectivity index (χ0v) is 16.5. The van der Waals surface area contributed by atoms with Crippen LogP contribution in [0.2, 0.25) is 0 Å². The van der Waals surface area contributed by atoms with Crippen molar-refractivity contribution in [1.82, 2.24) is 14.9 Å². The lowest BCUT2D eigenvalue weighted by atomic mass is 10.1. The van der Waals surface area contributed by atoms with Crippen LogP contribution in [0, 0.1) is 12.8 Å². The van der Waals surface area contributed by atoms with Crippen molar-refractivity contribution in [2.45, 2.75) is 27.3 Å². The van der Waals surface area contributed by atoms with E-state index < -0.39 is 0 Å². The molecule has 27 heavy (non-hydrogen) atoms. The number of hydrogen-bond acceptors (Lipinski definition) is 4. The first-order valence-electron chi connectivity index (χ1n) is 8.91. The fourth-order valence-corrected chi connectivity index (χ4v) is 3.85. The summed E-state index contributed by atoms with van der Waals surface area (Å²) in [4.78, 5) is 34.5. The molecular formula is C21H23N3O2S. The molecule has 3 rings (SSSR count). The minimum atomic E-state index is -0.265. The molecule has 0 fully saturated rings. The number of hydrogen-bond donors (Lipinski definition) is 1. The molecule has 0 spiro atoms. The maximum atomic E-state index is 13.2. The number of carbonyl (C=O) groups is 1. The van der Waals surface area contributed by atoms with E-state index in [1.165, 1.54) is 16.6 Å². The van der Waals surface area contributed by atoms with E-state index >= 15 is 0 Å². The topological polar surface area (TPSA) is 66.1 Å². The number of nitrogens with one attached hydrogen (secondary N) is 1. The highest BCUT2D eigenvalue weighted by molar-refractivity contribution is 7.10. The third-order valence-electron chi connectivity index (χ3n) is 4.25. The molecule has 0 saturated carbocycles. The number of H-pyrrole nitrogens is 1. The van der Waals surface area contributed by atoms with E-state index in [1.54, 1.807) is 17.5 Å². The standard InChI is InChI=1S/C21H23N3O2S/c1-14(2)12-24(13-19-15(3)7-8-27-19)21(26)17-6-4-5-16(9-17)18-10-22-11-20(25)23-18/h4-11,14H,12-13H2,1-3H3,(H,23,25). The van der Waals surface area contributed by atoms with Crippen molar-refractivity contribution in [2.24, 2.45) is 5.92 Å².